The smallest absolute Gasteiger partial charge is 0.233 e. The van der Waals surface area contributed by atoms with Gasteiger partial charge >= 0.3 is 0 Å². The number of amides is 1. The van der Waals surface area contributed by atoms with Crippen LogP contribution in [0.15, 0.2) is 34.9 Å². The minimum absolute atomic E-state index is 0.0314. The SMILES string of the molecule is CC(SCc1coc(-c2ccc(Cl)cc2)n1)C(=O)NC(C)(C)C. The van der Waals surface area contributed by atoms with Crippen LogP contribution in [0.2, 0.25) is 5.02 Å². The Labute approximate surface area is 146 Å². The Bertz CT molecular complexity index is 662. The van der Waals surface area contributed by atoms with E-state index in [4.69, 9.17) is 16.0 Å². The van der Waals surface area contributed by atoms with Crippen LogP contribution in [0.1, 0.15) is 33.4 Å². The highest BCUT2D eigenvalue weighted by atomic mass is 35.5. The van der Waals surface area contributed by atoms with Crippen LogP contribution < -0.4 is 5.32 Å². The molecule has 0 aliphatic rings. The quantitative estimate of drug-likeness (QED) is 0.858. The van der Waals surface area contributed by atoms with Gasteiger partial charge in [-0.25, -0.2) is 4.98 Å². The summed E-state index contributed by atoms with van der Waals surface area (Å²) in [4.78, 5) is 16.5. The molecule has 4 nitrogen and oxygen atoms in total. The topological polar surface area (TPSA) is 55.1 Å². The van der Waals surface area contributed by atoms with Gasteiger partial charge in [0.1, 0.15) is 6.26 Å². The van der Waals surface area contributed by atoms with Crippen molar-refractivity contribution in [2.24, 2.45) is 0 Å². The third-order valence-corrected chi connectivity index (χ3v) is 4.42. The van der Waals surface area contributed by atoms with Gasteiger partial charge in [-0.05, 0) is 52.0 Å². The lowest BCUT2D eigenvalue weighted by molar-refractivity contribution is -0.121. The Kier molecular flexibility index (Phi) is 5.76. The van der Waals surface area contributed by atoms with E-state index in [0.717, 1.165) is 11.3 Å². The Hall–Kier alpha value is -1.46. The van der Waals surface area contributed by atoms with E-state index in [9.17, 15) is 4.79 Å². The number of hydrogen-bond donors (Lipinski definition) is 1. The molecule has 0 saturated carbocycles. The van der Waals surface area contributed by atoms with Crippen LogP contribution >= 0.6 is 23.4 Å². The number of oxazole rings is 1. The highest BCUT2D eigenvalue weighted by Crippen LogP contribution is 2.24. The maximum absolute atomic E-state index is 12.1. The molecule has 1 aromatic heterocycles. The van der Waals surface area contributed by atoms with Gasteiger partial charge in [0.15, 0.2) is 0 Å². The maximum atomic E-state index is 12.1. The molecular formula is C17H21ClN2O2S. The molecule has 0 bridgehead atoms. The minimum atomic E-state index is -0.221. The van der Waals surface area contributed by atoms with E-state index in [-0.39, 0.29) is 16.7 Å². The van der Waals surface area contributed by atoms with Crippen molar-refractivity contribution in [2.75, 3.05) is 0 Å². The Morgan fingerprint density at radius 1 is 1.35 bits per heavy atom. The van der Waals surface area contributed by atoms with Gasteiger partial charge in [0.25, 0.3) is 0 Å². The number of carbonyl (C=O) groups excluding carboxylic acids is 1. The molecular weight excluding hydrogens is 332 g/mol. The summed E-state index contributed by atoms with van der Waals surface area (Å²) in [6.07, 6.45) is 1.63. The molecule has 2 rings (SSSR count). The average Bonchev–Trinajstić information content (AvgIpc) is 2.92. The van der Waals surface area contributed by atoms with Crippen molar-refractivity contribution in [1.82, 2.24) is 10.3 Å². The molecule has 1 heterocycles. The fraction of sp³-hybridized carbons (Fsp3) is 0.412. The zero-order valence-electron chi connectivity index (χ0n) is 13.7. The first-order valence-corrected chi connectivity index (χ1v) is 8.81. The number of rotatable bonds is 5. The van der Waals surface area contributed by atoms with E-state index in [1.807, 2.05) is 39.8 Å². The number of hydrogen-bond acceptors (Lipinski definition) is 4. The fourth-order valence-electron chi connectivity index (χ4n) is 1.86. The number of nitrogens with one attached hydrogen (secondary N) is 1. The molecule has 1 amide bonds. The number of aromatic nitrogens is 1. The van der Waals surface area contributed by atoms with Crippen molar-refractivity contribution in [3.63, 3.8) is 0 Å². The molecule has 2 aromatic rings. The van der Waals surface area contributed by atoms with Crippen molar-refractivity contribution in [3.05, 3.63) is 41.2 Å². The lowest BCUT2D eigenvalue weighted by Gasteiger charge is -2.22. The van der Waals surface area contributed by atoms with E-state index in [2.05, 4.69) is 10.3 Å². The molecule has 1 atom stereocenters. The second-order valence-corrected chi connectivity index (χ2v) is 8.11. The normalized spacial score (nSPS) is 12.9. The molecule has 6 heteroatoms. The van der Waals surface area contributed by atoms with Gasteiger partial charge in [-0.15, -0.1) is 11.8 Å². The molecule has 1 aromatic carbocycles. The molecule has 0 aliphatic heterocycles. The molecule has 124 valence electrons. The molecule has 23 heavy (non-hydrogen) atoms. The van der Waals surface area contributed by atoms with Crippen molar-refractivity contribution in [3.8, 4) is 11.5 Å². The standard InChI is InChI=1S/C17H21ClN2O2S/c1-11(15(21)20-17(2,3)4)23-10-14-9-22-16(19-14)12-5-7-13(18)8-6-12/h5-9,11H,10H2,1-4H3,(H,20,21). The molecule has 1 unspecified atom stereocenters. The second kappa shape index (κ2) is 7.41. The summed E-state index contributed by atoms with van der Waals surface area (Å²) >= 11 is 7.41. The highest BCUT2D eigenvalue weighted by molar-refractivity contribution is 7.99. The first-order valence-electron chi connectivity index (χ1n) is 7.38. The lowest BCUT2D eigenvalue weighted by Crippen LogP contribution is -2.44. The van der Waals surface area contributed by atoms with Crippen molar-refractivity contribution >= 4 is 29.3 Å². The van der Waals surface area contributed by atoms with Crippen molar-refractivity contribution in [1.29, 1.82) is 0 Å². The van der Waals surface area contributed by atoms with Crippen LogP contribution in [0.4, 0.5) is 0 Å². The van der Waals surface area contributed by atoms with Gasteiger partial charge in [-0.3, -0.25) is 4.79 Å². The minimum Gasteiger partial charge on any atom is -0.444 e. The molecule has 0 radical (unpaired) electrons. The van der Waals surface area contributed by atoms with Crippen LogP contribution in [-0.2, 0) is 10.5 Å². The summed E-state index contributed by atoms with van der Waals surface area (Å²) in [6.45, 7) is 7.81. The largest absolute Gasteiger partial charge is 0.444 e. The summed E-state index contributed by atoms with van der Waals surface area (Å²) in [5, 5.41) is 3.50. The number of nitrogens with zero attached hydrogens (tertiary/aromatic N) is 1. The van der Waals surface area contributed by atoms with Crippen LogP contribution in [0.5, 0.6) is 0 Å². The van der Waals surface area contributed by atoms with E-state index in [0.29, 0.717) is 16.7 Å². The highest BCUT2D eigenvalue weighted by Gasteiger charge is 2.20. The monoisotopic (exact) mass is 352 g/mol. The number of halogens is 1. The van der Waals surface area contributed by atoms with Gasteiger partial charge in [-0.1, -0.05) is 11.6 Å². The number of carbonyl (C=O) groups is 1. The first kappa shape index (κ1) is 17.9. The summed E-state index contributed by atoms with van der Waals surface area (Å²) in [5.41, 5.74) is 1.47. The average molecular weight is 353 g/mol. The fourth-order valence-corrected chi connectivity index (χ4v) is 2.75. The van der Waals surface area contributed by atoms with E-state index in [1.165, 1.54) is 11.8 Å². The molecule has 0 aliphatic carbocycles. The van der Waals surface area contributed by atoms with Crippen LogP contribution in [0.3, 0.4) is 0 Å². The number of thioether (sulfide) groups is 1. The lowest BCUT2D eigenvalue weighted by atomic mass is 10.1. The molecule has 0 spiro atoms. The summed E-state index contributed by atoms with van der Waals surface area (Å²) in [7, 11) is 0. The Balaban J connectivity index is 1.92. The van der Waals surface area contributed by atoms with Gasteiger partial charge < -0.3 is 9.73 Å². The molecule has 0 saturated heterocycles. The zero-order chi connectivity index (χ0) is 17.0. The summed E-state index contributed by atoms with van der Waals surface area (Å²) in [5.74, 6) is 1.21. The van der Waals surface area contributed by atoms with Crippen LogP contribution in [0, 0.1) is 0 Å². The van der Waals surface area contributed by atoms with Crippen molar-refractivity contribution < 1.29 is 9.21 Å². The summed E-state index contributed by atoms with van der Waals surface area (Å²) in [6, 6.07) is 7.33. The Morgan fingerprint density at radius 3 is 2.61 bits per heavy atom. The third-order valence-electron chi connectivity index (χ3n) is 2.99. The molecule has 0 fully saturated rings. The van der Waals surface area contributed by atoms with Gasteiger partial charge in [0.05, 0.1) is 10.9 Å². The second-order valence-electron chi connectivity index (χ2n) is 6.34. The van der Waals surface area contributed by atoms with Gasteiger partial charge in [0, 0.05) is 21.9 Å². The van der Waals surface area contributed by atoms with Crippen molar-refractivity contribution in [2.45, 2.75) is 44.2 Å². The van der Waals surface area contributed by atoms with Crippen LogP contribution in [0.25, 0.3) is 11.5 Å². The Morgan fingerprint density at radius 2 is 2.00 bits per heavy atom. The van der Waals surface area contributed by atoms with Gasteiger partial charge in [-0.2, -0.15) is 0 Å². The third kappa shape index (κ3) is 5.59. The zero-order valence-corrected chi connectivity index (χ0v) is 15.3. The number of benzene rings is 1. The van der Waals surface area contributed by atoms with E-state index in [1.54, 1.807) is 18.4 Å². The maximum Gasteiger partial charge on any atom is 0.233 e. The van der Waals surface area contributed by atoms with Gasteiger partial charge in [0.2, 0.25) is 11.8 Å². The van der Waals surface area contributed by atoms with Crippen LogP contribution in [-0.4, -0.2) is 21.7 Å². The predicted molar refractivity (Wildman–Crippen MR) is 95.6 cm³/mol. The molecule has 1 N–H and O–H groups in total. The first-order chi connectivity index (χ1) is 10.7. The predicted octanol–water partition coefficient (Wildman–Crippen LogP) is 4.53. The summed E-state index contributed by atoms with van der Waals surface area (Å²) < 4.78 is 5.50. The van der Waals surface area contributed by atoms with E-state index < -0.39 is 0 Å². The van der Waals surface area contributed by atoms with E-state index >= 15 is 0 Å².